The lowest BCUT2D eigenvalue weighted by molar-refractivity contribution is -0.131. The standard InChI is InChI=1S/C9H7ClO5/c1-15-6-3-4(10)2-5(7(6)11)8(12)9(13)14/h2-3,11H,1H3,(H,13,14). The summed E-state index contributed by atoms with van der Waals surface area (Å²) < 4.78 is 4.72. The Labute approximate surface area is 89.9 Å². The minimum absolute atomic E-state index is 0.0490. The van der Waals surface area contributed by atoms with Crippen molar-refractivity contribution in [3.8, 4) is 11.5 Å². The summed E-state index contributed by atoms with van der Waals surface area (Å²) in [6.07, 6.45) is 0. The van der Waals surface area contributed by atoms with E-state index in [2.05, 4.69) is 0 Å². The van der Waals surface area contributed by atoms with Crippen LogP contribution >= 0.6 is 11.6 Å². The van der Waals surface area contributed by atoms with E-state index in [1.807, 2.05) is 0 Å². The molecular formula is C9H7ClO5. The normalized spacial score (nSPS) is 9.73. The highest BCUT2D eigenvalue weighted by molar-refractivity contribution is 6.41. The third-order valence-electron chi connectivity index (χ3n) is 1.70. The van der Waals surface area contributed by atoms with Gasteiger partial charge in [-0.05, 0) is 6.07 Å². The first kappa shape index (κ1) is 11.3. The molecule has 0 aliphatic heterocycles. The molecule has 0 fully saturated rings. The van der Waals surface area contributed by atoms with Crippen molar-refractivity contribution < 1.29 is 24.5 Å². The van der Waals surface area contributed by atoms with Crippen LogP contribution in [0.3, 0.4) is 0 Å². The molecular weight excluding hydrogens is 224 g/mol. The highest BCUT2D eigenvalue weighted by Gasteiger charge is 2.21. The molecule has 0 aliphatic carbocycles. The number of aliphatic carboxylic acids is 1. The summed E-state index contributed by atoms with van der Waals surface area (Å²) in [5.41, 5.74) is -0.396. The molecule has 0 aromatic heterocycles. The number of hydrogen-bond acceptors (Lipinski definition) is 4. The zero-order valence-corrected chi connectivity index (χ0v) is 8.41. The molecule has 2 N–H and O–H groups in total. The third kappa shape index (κ3) is 2.19. The van der Waals surface area contributed by atoms with Gasteiger partial charge in [0.1, 0.15) is 0 Å². The molecule has 1 aromatic carbocycles. The van der Waals surface area contributed by atoms with E-state index in [9.17, 15) is 14.7 Å². The van der Waals surface area contributed by atoms with Crippen molar-refractivity contribution in [3.05, 3.63) is 22.7 Å². The van der Waals surface area contributed by atoms with Crippen LogP contribution in [0.1, 0.15) is 10.4 Å². The first-order valence-corrected chi connectivity index (χ1v) is 4.19. The number of rotatable bonds is 3. The lowest BCUT2D eigenvalue weighted by Crippen LogP contribution is -2.13. The quantitative estimate of drug-likeness (QED) is 0.604. The molecule has 80 valence electrons. The molecule has 0 bridgehead atoms. The van der Waals surface area contributed by atoms with Crippen LogP contribution in [-0.4, -0.2) is 29.1 Å². The van der Waals surface area contributed by atoms with Crippen LogP contribution in [0.4, 0.5) is 0 Å². The summed E-state index contributed by atoms with van der Waals surface area (Å²) in [4.78, 5) is 21.5. The highest BCUT2D eigenvalue weighted by Crippen LogP contribution is 2.33. The molecule has 1 rings (SSSR count). The van der Waals surface area contributed by atoms with Gasteiger partial charge in [0, 0.05) is 11.1 Å². The number of aromatic hydroxyl groups is 1. The Bertz CT molecular complexity index is 427. The lowest BCUT2D eigenvalue weighted by atomic mass is 10.1. The molecule has 0 saturated carbocycles. The van der Waals surface area contributed by atoms with Crippen LogP contribution in [-0.2, 0) is 4.79 Å². The van der Waals surface area contributed by atoms with Crippen molar-refractivity contribution in [2.75, 3.05) is 7.11 Å². The van der Waals surface area contributed by atoms with Gasteiger partial charge in [0.25, 0.3) is 5.78 Å². The van der Waals surface area contributed by atoms with Crippen LogP contribution in [0.25, 0.3) is 0 Å². The number of ether oxygens (including phenoxy) is 1. The second kappa shape index (κ2) is 4.18. The molecule has 6 heteroatoms. The molecule has 0 saturated heterocycles. The molecule has 0 atom stereocenters. The summed E-state index contributed by atoms with van der Waals surface area (Å²) in [7, 11) is 1.26. The number of carbonyl (C=O) groups is 2. The van der Waals surface area contributed by atoms with E-state index in [-0.39, 0.29) is 10.8 Å². The number of hydrogen-bond donors (Lipinski definition) is 2. The fourth-order valence-electron chi connectivity index (χ4n) is 1.02. The van der Waals surface area contributed by atoms with Crippen LogP contribution in [0.5, 0.6) is 11.5 Å². The van der Waals surface area contributed by atoms with E-state index in [0.29, 0.717) is 0 Å². The number of methoxy groups -OCH3 is 1. The molecule has 0 aliphatic rings. The van der Waals surface area contributed by atoms with Gasteiger partial charge >= 0.3 is 5.97 Å². The smallest absolute Gasteiger partial charge is 0.377 e. The van der Waals surface area contributed by atoms with Crippen molar-refractivity contribution in [1.29, 1.82) is 0 Å². The number of ketones is 1. The number of benzene rings is 1. The monoisotopic (exact) mass is 230 g/mol. The van der Waals surface area contributed by atoms with Crippen LogP contribution in [0.2, 0.25) is 5.02 Å². The van der Waals surface area contributed by atoms with E-state index in [1.165, 1.54) is 13.2 Å². The summed E-state index contributed by atoms with van der Waals surface area (Å²) >= 11 is 5.61. The topological polar surface area (TPSA) is 83.8 Å². The molecule has 0 unspecified atom stereocenters. The SMILES string of the molecule is COc1cc(Cl)cc(C(=O)C(=O)O)c1O. The van der Waals surface area contributed by atoms with E-state index in [1.54, 1.807) is 0 Å². The number of carboxylic acids is 1. The minimum Gasteiger partial charge on any atom is -0.504 e. The second-order valence-corrected chi connectivity index (χ2v) is 3.07. The van der Waals surface area contributed by atoms with Crippen molar-refractivity contribution >= 4 is 23.4 Å². The maximum atomic E-state index is 11.1. The van der Waals surface area contributed by atoms with Gasteiger partial charge in [0.05, 0.1) is 12.7 Å². The fraction of sp³-hybridized carbons (Fsp3) is 0.111. The van der Waals surface area contributed by atoms with Crippen LogP contribution < -0.4 is 4.74 Å². The highest BCUT2D eigenvalue weighted by atomic mass is 35.5. The summed E-state index contributed by atoms with van der Waals surface area (Å²) in [5, 5.41) is 18.0. The minimum atomic E-state index is -1.67. The van der Waals surface area contributed by atoms with Gasteiger partial charge in [-0.3, -0.25) is 4.79 Å². The largest absolute Gasteiger partial charge is 0.504 e. The molecule has 0 spiro atoms. The van der Waals surface area contributed by atoms with Crippen molar-refractivity contribution in [2.45, 2.75) is 0 Å². The summed E-state index contributed by atoms with van der Waals surface area (Å²) in [6, 6.07) is 2.34. The Morgan fingerprint density at radius 3 is 2.47 bits per heavy atom. The number of phenols is 1. The van der Waals surface area contributed by atoms with Gasteiger partial charge in [-0.1, -0.05) is 11.6 Å². The number of carboxylic acid groups (broad SMARTS) is 1. The van der Waals surface area contributed by atoms with E-state index in [4.69, 9.17) is 21.4 Å². The first-order chi connectivity index (χ1) is 6.97. The Kier molecular flexibility index (Phi) is 3.16. The Hall–Kier alpha value is -1.75. The third-order valence-corrected chi connectivity index (χ3v) is 1.92. The fourth-order valence-corrected chi connectivity index (χ4v) is 1.23. The lowest BCUT2D eigenvalue weighted by Gasteiger charge is -2.07. The molecule has 15 heavy (non-hydrogen) atoms. The van der Waals surface area contributed by atoms with Crippen molar-refractivity contribution in [2.24, 2.45) is 0 Å². The average Bonchev–Trinajstić information content (AvgIpc) is 2.19. The maximum Gasteiger partial charge on any atom is 0.377 e. The van der Waals surface area contributed by atoms with E-state index in [0.717, 1.165) is 6.07 Å². The molecule has 0 heterocycles. The van der Waals surface area contributed by atoms with Crippen LogP contribution in [0.15, 0.2) is 12.1 Å². The van der Waals surface area contributed by atoms with Gasteiger partial charge in [-0.2, -0.15) is 0 Å². The zero-order valence-electron chi connectivity index (χ0n) is 7.65. The number of Topliss-reactive ketones (excluding diaryl/α,β-unsaturated/α-hetero) is 1. The predicted octanol–water partition coefficient (Wildman–Crippen LogP) is 1.32. The Morgan fingerprint density at radius 2 is 2.00 bits per heavy atom. The van der Waals surface area contributed by atoms with Crippen molar-refractivity contribution in [1.82, 2.24) is 0 Å². The van der Waals surface area contributed by atoms with Gasteiger partial charge in [0.15, 0.2) is 11.5 Å². The Balaban J connectivity index is 3.35. The average molecular weight is 231 g/mol. The first-order valence-electron chi connectivity index (χ1n) is 3.81. The second-order valence-electron chi connectivity index (χ2n) is 2.64. The zero-order chi connectivity index (χ0) is 11.6. The van der Waals surface area contributed by atoms with Crippen molar-refractivity contribution in [3.63, 3.8) is 0 Å². The maximum absolute atomic E-state index is 11.1. The van der Waals surface area contributed by atoms with Gasteiger partial charge in [0.2, 0.25) is 0 Å². The van der Waals surface area contributed by atoms with Crippen LogP contribution in [0, 0.1) is 0 Å². The number of carbonyl (C=O) groups excluding carboxylic acids is 1. The predicted molar refractivity (Wildman–Crippen MR) is 51.6 cm³/mol. The molecule has 0 radical (unpaired) electrons. The Morgan fingerprint density at radius 1 is 1.40 bits per heavy atom. The number of phenolic OH excluding ortho intramolecular Hbond substituents is 1. The van der Waals surface area contributed by atoms with E-state index >= 15 is 0 Å². The molecule has 0 amide bonds. The van der Waals surface area contributed by atoms with E-state index < -0.39 is 23.1 Å². The molecule has 5 nitrogen and oxygen atoms in total. The summed E-state index contributed by atoms with van der Waals surface area (Å²) in [6.45, 7) is 0. The van der Waals surface area contributed by atoms with Gasteiger partial charge < -0.3 is 14.9 Å². The van der Waals surface area contributed by atoms with Gasteiger partial charge in [-0.15, -0.1) is 0 Å². The summed E-state index contributed by atoms with van der Waals surface area (Å²) in [5.74, 6) is -3.50. The molecule has 1 aromatic rings. The number of halogens is 1. The van der Waals surface area contributed by atoms with Gasteiger partial charge in [-0.25, -0.2) is 4.79 Å².